The smallest absolute Gasteiger partial charge is 0.255 e. The molecule has 6 nitrogen and oxygen atoms in total. The normalized spacial score (nSPS) is 10.4. The fourth-order valence-corrected chi connectivity index (χ4v) is 3.60. The van der Waals surface area contributed by atoms with Gasteiger partial charge in [-0.3, -0.25) is 4.79 Å². The standard InChI is InChI=1S/C28H24ClNO5/c1-32-24-14-12-19(16-20(24)18-34-27-11-7-6-10-26(27)33-2)28(31)30-23-17-21(29)13-15-25(23)35-22-8-4-3-5-9-22/h3-17H,18H2,1-2H3,(H,30,31). The van der Waals surface area contributed by atoms with Crippen LogP contribution in [0.15, 0.2) is 91.0 Å². The molecule has 0 saturated heterocycles. The molecule has 0 radical (unpaired) electrons. The molecule has 178 valence electrons. The molecule has 0 bridgehead atoms. The number of anilines is 1. The molecule has 4 rings (SSSR count). The summed E-state index contributed by atoms with van der Waals surface area (Å²) in [6.45, 7) is 0.185. The molecular weight excluding hydrogens is 466 g/mol. The summed E-state index contributed by atoms with van der Waals surface area (Å²) in [5.41, 5.74) is 1.59. The van der Waals surface area contributed by atoms with E-state index in [2.05, 4.69) is 5.32 Å². The fourth-order valence-electron chi connectivity index (χ4n) is 3.43. The van der Waals surface area contributed by atoms with Gasteiger partial charge in [0.05, 0.1) is 19.9 Å². The number of hydrogen-bond donors (Lipinski definition) is 1. The van der Waals surface area contributed by atoms with E-state index in [-0.39, 0.29) is 12.5 Å². The summed E-state index contributed by atoms with van der Waals surface area (Å²) in [5, 5.41) is 3.37. The summed E-state index contributed by atoms with van der Waals surface area (Å²) >= 11 is 6.19. The zero-order chi connectivity index (χ0) is 24.6. The first-order valence-corrected chi connectivity index (χ1v) is 11.2. The molecule has 1 N–H and O–H groups in total. The minimum atomic E-state index is -0.327. The van der Waals surface area contributed by atoms with Gasteiger partial charge in [-0.2, -0.15) is 0 Å². The molecule has 4 aromatic rings. The molecule has 35 heavy (non-hydrogen) atoms. The molecule has 0 atom stereocenters. The minimum Gasteiger partial charge on any atom is -0.496 e. The number of benzene rings is 4. The Kier molecular flexibility index (Phi) is 7.75. The lowest BCUT2D eigenvalue weighted by Gasteiger charge is -2.15. The van der Waals surface area contributed by atoms with Gasteiger partial charge in [0.25, 0.3) is 5.91 Å². The molecule has 0 aromatic heterocycles. The van der Waals surface area contributed by atoms with Gasteiger partial charge in [-0.1, -0.05) is 41.9 Å². The molecular formula is C28H24ClNO5. The van der Waals surface area contributed by atoms with Crippen molar-refractivity contribution in [3.63, 3.8) is 0 Å². The van der Waals surface area contributed by atoms with Crippen LogP contribution in [-0.2, 0) is 6.61 Å². The molecule has 0 heterocycles. The first kappa shape index (κ1) is 24.0. The third-order valence-electron chi connectivity index (χ3n) is 5.16. The van der Waals surface area contributed by atoms with Gasteiger partial charge < -0.3 is 24.3 Å². The highest BCUT2D eigenvalue weighted by atomic mass is 35.5. The van der Waals surface area contributed by atoms with Gasteiger partial charge in [-0.25, -0.2) is 0 Å². The molecule has 1 amide bonds. The summed E-state index contributed by atoms with van der Waals surface area (Å²) < 4.78 is 22.7. The van der Waals surface area contributed by atoms with Gasteiger partial charge in [0, 0.05) is 16.1 Å². The van der Waals surface area contributed by atoms with E-state index < -0.39 is 0 Å². The van der Waals surface area contributed by atoms with Crippen molar-refractivity contribution in [1.82, 2.24) is 0 Å². The highest BCUT2D eigenvalue weighted by molar-refractivity contribution is 6.31. The number of amides is 1. The number of methoxy groups -OCH3 is 2. The Morgan fingerprint density at radius 3 is 2.20 bits per heavy atom. The van der Waals surface area contributed by atoms with Crippen molar-refractivity contribution in [3.05, 3.63) is 107 Å². The number of ether oxygens (including phenoxy) is 4. The molecule has 0 fully saturated rings. The number of rotatable bonds is 9. The van der Waals surface area contributed by atoms with Crippen LogP contribution >= 0.6 is 11.6 Å². The van der Waals surface area contributed by atoms with Crippen molar-refractivity contribution in [2.45, 2.75) is 6.61 Å². The van der Waals surface area contributed by atoms with Crippen LogP contribution in [-0.4, -0.2) is 20.1 Å². The topological polar surface area (TPSA) is 66.0 Å². The van der Waals surface area contributed by atoms with Crippen molar-refractivity contribution in [2.24, 2.45) is 0 Å². The van der Waals surface area contributed by atoms with Crippen molar-refractivity contribution in [3.8, 4) is 28.7 Å². The van der Waals surface area contributed by atoms with Crippen LogP contribution in [0.3, 0.4) is 0 Å². The van der Waals surface area contributed by atoms with Crippen LogP contribution in [0, 0.1) is 0 Å². The van der Waals surface area contributed by atoms with E-state index in [9.17, 15) is 4.79 Å². The number of halogens is 1. The van der Waals surface area contributed by atoms with Gasteiger partial charge in [-0.05, 0) is 60.7 Å². The van der Waals surface area contributed by atoms with E-state index in [1.54, 1.807) is 50.6 Å². The zero-order valence-corrected chi connectivity index (χ0v) is 20.0. The van der Waals surface area contributed by atoms with Crippen LogP contribution in [0.4, 0.5) is 5.69 Å². The van der Waals surface area contributed by atoms with E-state index in [0.717, 1.165) is 0 Å². The van der Waals surface area contributed by atoms with Crippen molar-refractivity contribution in [1.29, 1.82) is 0 Å². The summed E-state index contributed by atoms with van der Waals surface area (Å²) in [5.74, 6) is 2.60. The summed E-state index contributed by atoms with van der Waals surface area (Å²) in [7, 11) is 3.15. The average molecular weight is 490 g/mol. The highest BCUT2D eigenvalue weighted by Crippen LogP contribution is 2.33. The number of para-hydroxylation sites is 3. The lowest BCUT2D eigenvalue weighted by Crippen LogP contribution is -2.13. The third kappa shape index (κ3) is 6.05. The van der Waals surface area contributed by atoms with Gasteiger partial charge in [0.2, 0.25) is 0 Å². The Balaban J connectivity index is 1.55. The molecule has 0 unspecified atom stereocenters. The first-order valence-electron chi connectivity index (χ1n) is 10.8. The average Bonchev–Trinajstić information content (AvgIpc) is 2.89. The maximum Gasteiger partial charge on any atom is 0.255 e. The maximum atomic E-state index is 13.1. The molecule has 4 aromatic carbocycles. The summed E-state index contributed by atoms with van der Waals surface area (Å²) in [6.07, 6.45) is 0. The second-order valence-electron chi connectivity index (χ2n) is 7.48. The molecule has 0 aliphatic carbocycles. The second-order valence-corrected chi connectivity index (χ2v) is 7.91. The minimum absolute atomic E-state index is 0.185. The van der Waals surface area contributed by atoms with Gasteiger partial charge >= 0.3 is 0 Å². The first-order chi connectivity index (χ1) is 17.1. The Bertz CT molecular complexity index is 1310. The molecule has 7 heteroatoms. The van der Waals surface area contributed by atoms with Crippen LogP contribution in [0.1, 0.15) is 15.9 Å². The molecule has 0 saturated carbocycles. The predicted octanol–water partition coefficient (Wildman–Crippen LogP) is 6.98. The van der Waals surface area contributed by atoms with Crippen molar-refractivity contribution < 1.29 is 23.7 Å². The van der Waals surface area contributed by atoms with E-state index in [1.807, 2.05) is 54.6 Å². The Morgan fingerprint density at radius 1 is 0.771 bits per heavy atom. The molecule has 0 aliphatic heterocycles. The fraction of sp³-hybridized carbons (Fsp3) is 0.107. The summed E-state index contributed by atoms with van der Waals surface area (Å²) in [6, 6.07) is 26.9. The number of hydrogen-bond acceptors (Lipinski definition) is 5. The largest absolute Gasteiger partial charge is 0.496 e. The Hall–Kier alpha value is -4.16. The van der Waals surface area contributed by atoms with Crippen LogP contribution in [0.5, 0.6) is 28.7 Å². The monoisotopic (exact) mass is 489 g/mol. The number of nitrogens with one attached hydrogen (secondary N) is 1. The van der Waals surface area contributed by atoms with Gasteiger partial charge in [0.15, 0.2) is 17.2 Å². The Morgan fingerprint density at radius 2 is 1.46 bits per heavy atom. The van der Waals surface area contributed by atoms with E-state index in [0.29, 0.717) is 50.6 Å². The number of carbonyl (C=O) groups excluding carboxylic acids is 1. The zero-order valence-electron chi connectivity index (χ0n) is 19.3. The quantitative estimate of drug-likeness (QED) is 0.274. The highest BCUT2D eigenvalue weighted by Gasteiger charge is 2.15. The van der Waals surface area contributed by atoms with Crippen molar-refractivity contribution >= 4 is 23.2 Å². The molecule has 0 aliphatic rings. The lowest BCUT2D eigenvalue weighted by atomic mass is 10.1. The number of carbonyl (C=O) groups is 1. The van der Waals surface area contributed by atoms with Gasteiger partial charge in [0.1, 0.15) is 18.1 Å². The SMILES string of the molecule is COc1ccc(C(=O)Nc2cc(Cl)ccc2Oc2ccccc2)cc1COc1ccccc1OC. The third-order valence-corrected chi connectivity index (χ3v) is 5.39. The van der Waals surface area contributed by atoms with Crippen LogP contribution in [0.25, 0.3) is 0 Å². The second kappa shape index (κ2) is 11.3. The summed E-state index contributed by atoms with van der Waals surface area (Å²) in [4.78, 5) is 13.1. The predicted molar refractivity (Wildman–Crippen MR) is 136 cm³/mol. The maximum absolute atomic E-state index is 13.1. The van der Waals surface area contributed by atoms with E-state index in [1.165, 1.54) is 0 Å². The molecule has 0 spiro atoms. The van der Waals surface area contributed by atoms with Crippen LogP contribution < -0.4 is 24.3 Å². The van der Waals surface area contributed by atoms with Gasteiger partial charge in [-0.15, -0.1) is 0 Å². The lowest BCUT2D eigenvalue weighted by molar-refractivity contribution is 0.102. The van der Waals surface area contributed by atoms with Crippen LogP contribution in [0.2, 0.25) is 5.02 Å². The van der Waals surface area contributed by atoms with Crippen molar-refractivity contribution in [2.75, 3.05) is 19.5 Å². The van der Waals surface area contributed by atoms with E-state index in [4.69, 9.17) is 30.5 Å². The Labute approximate surface area is 209 Å². The van der Waals surface area contributed by atoms with E-state index >= 15 is 0 Å².